The number of fused-ring (bicyclic) bond motifs is 1. The first-order valence-corrected chi connectivity index (χ1v) is 6.69. The Bertz CT molecular complexity index is 207. The van der Waals surface area contributed by atoms with Crippen LogP contribution in [0, 0.1) is 0 Å². The molecule has 2 nitrogen and oxygen atoms in total. The molecule has 3 heteroatoms. The maximum absolute atomic E-state index is 12.1. The molecule has 1 N–H and O–H groups in total. The normalized spacial score (nSPS) is 46.5. The van der Waals surface area contributed by atoms with Gasteiger partial charge in [-0.05, 0) is 25.8 Å². The van der Waals surface area contributed by atoms with E-state index in [9.17, 15) is 4.21 Å². The first-order valence-electron chi connectivity index (χ1n) is 5.42. The first-order chi connectivity index (χ1) is 6.29. The summed E-state index contributed by atoms with van der Waals surface area (Å²) in [4.78, 5) is 0. The molecule has 76 valence electrons. The average Bonchev–Trinajstić information content (AvgIpc) is 2.29. The Kier molecular flexibility index (Phi) is 3.04. The van der Waals surface area contributed by atoms with Crippen LogP contribution in [0.15, 0.2) is 0 Å². The van der Waals surface area contributed by atoms with Crippen molar-refractivity contribution in [3.05, 3.63) is 0 Å². The van der Waals surface area contributed by atoms with Crippen molar-refractivity contribution in [1.82, 2.24) is 5.32 Å². The lowest BCUT2D eigenvalue weighted by Gasteiger charge is -2.30. The van der Waals surface area contributed by atoms with Gasteiger partial charge < -0.3 is 5.32 Å². The van der Waals surface area contributed by atoms with E-state index < -0.39 is 10.8 Å². The summed E-state index contributed by atoms with van der Waals surface area (Å²) < 4.78 is 12.1. The molecule has 0 amide bonds. The molecule has 13 heavy (non-hydrogen) atoms. The second kappa shape index (κ2) is 4.09. The molecule has 1 saturated carbocycles. The molecule has 2 fully saturated rings. The molecule has 0 aromatic heterocycles. The minimum atomic E-state index is -0.581. The summed E-state index contributed by atoms with van der Waals surface area (Å²) in [6.07, 6.45) is 6.10. The van der Waals surface area contributed by atoms with Crippen molar-refractivity contribution in [2.45, 2.75) is 55.6 Å². The summed E-state index contributed by atoms with van der Waals surface area (Å²) in [5, 5.41) is 4.40. The Labute approximate surface area is 82.9 Å². The van der Waals surface area contributed by atoms with Crippen molar-refractivity contribution in [2.75, 3.05) is 6.54 Å². The van der Waals surface area contributed by atoms with Crippen LogP contribution in [0.25, 0.3) is 0 Å². The fourth-order valence-corrected chi connectivity index (χ4v) is 4.40. The second-order valence-corrected chi connectivity index (χ2v) is 6.38. The van der Waals surface area contributed by atoms with Gasteiger partial charge in [-0.2, -0.15) is 0 Å². The lowest BCUT2D eigenvalue weighted by molar-refractivity contribution is 0.386. The molecule has 1 saturated heterocycles. The Morgan fingerprint density at radius 1 is 1.23 bits per heavy atom. The Morgan fingerprint density at radius 3 is 2.85 bits per heavy atom. The van der Waals surface area contributed by atoms with Gasteiger partial charge in [-0.25, -0.2) is 0 Å². The predicted molar refractivity (Wildman–Crippen MR) is 56.3 cm³/mol. The topological polar surface area (TPSA) is 29.1 Å². The maximum Gasteiger partial charge on any atom is 0.0503 e. The van der Waals surface area contributed by atoms with Crippen LogP contribution >= 0.6 is 0 Å². The molecular formula is C10H19NOS. The summed E-state index contributed by atoms with van der Waals surface area (Å²) in [5.74, 6) is 0. The van der Waals surface area contributed by atoms with Gasteiger partial charge in [-0.3, -0.25) is 4.21 Å². The largest absolute Gasteiger partial charge is 0.313 e. The fourth-order valence-electron chi connectivity index (χ4n) is 2.49. The highest BCUT2D eigenvalue weighted by Crippen LogP contribution is 2.27. The molecule has 4 atom stereocenters. The van der Waals surface area contributed by atoms with Gasteiger partial charge in [0.2, 0.25) is 0 Å². The molecule has 1 aliphatic carbocycles. The smallest absolute Gasteiger partial charge is 0.0503 e. The molecule has 0 aromatic carbocycles. The fraction of sp³-hybridized carbons (Fsp3) is 1.00. The predicted octanol–water partition coefficient (Wildman–Crippen LogP) is 1.43. The van der Waals surface area contributed by atoms with E-state index in [0.29, 0.717) is 16.5 Å². The third-order valence-corrected chi connectivity index (χ3v) is 5.54. The molecule has 0 spiro atoms. The first kappa shape index (κ1) is 9.66. The highest BCUT2D eigenvalue weighted by atomic mass is 32.2. The van der Waals surface area contributed by atoms with Crippen molar-refractivity contribution >= 4 is 10.8 Å². The second-order valence-electron chi connectivity index (χ2n) is 4.31. The van der Waals surface area contributed by atoms with Gasteiger partial charge in [-0.15, -0.1) is 0 Å². The van der Waals surface area contributed by atoms with Crippen molar-refractivity contribution in [3.63, 3.8) is 0 Å². The van der Waals surface area contributed by atoms with E-state index in [1.54, 1.807) is 0 Å². The zero-order valence-electron chi connectivity index (χ0n) is 8.29. The third kappa shape index (κ3) is 1.96. The van der Waals surface area contributed by atoms with Crippen LogP contribution in [-0.4, -0.2) is 27.3 Å². The van der Waals surface area contributed by atoms with Crippen LogP contribution in [0.3, 0.4) is 0 Å². The SMILES string of the molecule is CC1CCNC2CCCCC2S1=O. The Balaban J connectivity index is 2.11. The van der Waals surface area contributed by atoms with Crippen molar-refractivity contribution in [3.8, 4) is 0 Å². The van der Waals surface area contributed by atoms with E-state index in [4.69, 9.17) is 0 Å². The number of hydrogen-bond donors (Lipinski definition) is 1. The van der Waals surface area contributed by atoms with Crippen molar-refractivity contribution in [1.29, 1.82) is 0 Å². The molecule has 0 radical (unpaired) electrons. The van der Waals surface area contributed by atoms with E-state index >= 15 is 0 Å². The molecule has 4 unspecified atom stereocenters. The molecule has 2 aliphatic rings. The zero-order chi connectivity index (χ0) is 9.26. The number of hydrogen-bond acceptors (Lipinski definition) is 2. The average molecular weight is 201 g/mol. The summed E-state index contributed by atoms with van der Waals surface area (Å²) in [5.41, 5.74) is 0. The molecule has 2 rings (SSSR count). The summed E-state index contributed by atoms with van der Waals surface area (Å²) in [6.45, 7) is 3.20. The lowest BCUT2D eigenvalue weighted by atomic mass is 9.95. The summed E-state index contributed by atoms with van der Waals surface area (Å²) >= 11 is 0. The minimum Gasteiger partial charge on any atom is -0.313 e. The Morgan fingerprint density at radius 2 is 2.00 bits per heavy atom. The van der Waals surface area contributed by atoms with E-state index in [1.165, 1.54) is 25.7 Å². The van der Waals surface area contributed by atoms with Crippen LogP contribution in [0.1, 0.15) is 39.0 Å². The van der Waals surface area contributed by atoms with Gasteiger partial charge in [0.05, 0.1) is 5.25 Å². The van der Waals surface area contributed by atoms with E-state index in [-0.39, 0.29) is 0 Å². The highest BCUT2D eigenvalue weighted by molar-refractivity contribution is 7.86. The van der Waals surface area contributed by atoms with Gasteiger partial charge in [0.15, 0.2) is 0 Å². The minimum absolute atomic E-state index is 0.403. The van der Waals surface area contributed by atoms with E-state index in [0.717, 1.165) is 13.0 Å². The van der Waals surface area contributed by atoms with E-state index in [2.05, 4.69) is 12.2 Å². The molecule has 1 heterocycles. The van der Waals surface area contributed by atoms with Gasteiger partial charge in [-0.1, -0.05) is 19.8 Å². The molecular weight excluding hydrogens is 182 g/mol. The lowest BCUT2D eigenvalue weighted by Crippen LogP contribution is -2.43. The van der Waals surface area contributed by atoms with Crippen LogP contribution in [-0.2, 0) is 10.8 Å². The Hall–Kier alpha value is 0.110. The van der Waals surface area contributed by atoms with Crippen molar-refractivity contribution in [2.24, 2.45) is 0 Å². The third-order valence-electron chi connectivity index (χ3n) is 3.35. The highest BCUT2D eigenvalue weighted by Gasteiger charge is 2.33. The summed E-state index contributed by atoms with van der Waals surface area (Å²) in [6, 6.07) is 0.555. The zero-order valence-corrected chi connectivity index (χ0v) is 9.11. The monoisotopic (exact) mass is 201 g/mol. The summed E-state index contributed by atoms with van der Waals surface area (Å²) in [7, 11) is -0.581. The quantitative estimate of drug-likeness (QED) is 0.642. The molecule has 0 bridgehead atoms. The van der Waals surface area contributed by atoms with Gasteiger partial charge in [0.25, 0.3) is 0 Å². The molecule has 0 aromatic rings. The maximum atomic E-state index is 12.1. The van der Waals surface area contributed by atoms with E-state index in [1.807, 2.05) is 0 Å². The number of nitrogens with one attached hydrogen (secondary N) is 1. The van der Waals surface area contributed by atoms with Gasteiger partial charge in [0, 0.05) is 22.1 Å². The standard InChI is InChI=1S/C10H19NOS/c1-8-6-7-11-9-4-2-3-5-10(9)13(8)12/h8-11H,2-7H2,1H3. The van der Waals surface area contributed by atoms with Crippen molar-refractivity contribution < 1.29 is 4.21 Å². The van der Waals surface area contributed by atoms with Crippen LogP contribution < -0.4 is 5.32 Å². The molecule has 1 aliphatic heterocycles. The van der Waals surface area contributed by atoms with Gasteiger partial charge in [0.1, 0.15) is 0 Å². The van der Waals surface area contributed by atoms with Crippen LogP contribution in [0.4, 0.5) is 0 Å². The van der Waals surface area contributed by atoms with Crippen LogP contribution in [0.5, 0.6) is 0 Å². The van der Waals surface area contributed by atoms with Gasteiger partial charge >= 0.3 is 0 Å². The van der Waals surface area contributed by atoms with Crippen LogP contribution in [0.2, 0.25) is 0 Å². The number of rotatable bonds is 0.